The number of carbonyl (C=O) groups is 1. The third kappa shape index (κ3) is 1.96. The Morgan fingerprint density at radius 1 is 1.10 bits per heavy atom. The summed E-state index contributed by atoms with van der Waals surface area (Å²) in [6.45, 7) is 0. The van der Waals surface area contributed by atoms with E-state index in [2.05, 4.69) is 0 Å². The molecule has 3 aromatic rings. The lowest BCUT2D eigenvalue weighted by Crippen LogP contribution is -2.21. The Labute approximate surface area is 116 Å². The first kappa shape index (κ1) is 12.7. The van der Waals surface area contributed by atoms with Crippen molar-refractivity contribution in [1.82, 2.24) is 0 Å². The largest absolute Gasteiger partial charge is 0.544 e. The van der Waals surface area contributed by atoms with Crippen LogP contribution in [0, 0.1) is 11.6 Å². The van der Waals surface area contributed by atoms with Gasteiger partial charge >= 0.3 is 0 Å². The van der Waals surface area contributed by atoms with Crippen LogP contribution >= 0.6 is 11.3 Å². The van der Waals surface area contributed by atoms with E-state index < -0.39 is 17.6 Å². The van der Waals surface area contributed by atoms with Crippen LogP contribution < -0.4 is 5.11 Å². The lowest BCUT2D eigenvalue weighted by molar-refractivity contribution is -0.254. The molecule has 0 bridgehead atoms. The summed E-state index contributed by atoms with van der Waals surface area (Å²) >= 11 is 0.813. The van der Waals surface area contributed by atoms with Crippen LogP contribution in [0.5, 0.6) is 0 Å². The van der Waals surface area contributed by atoms with Gasteiger partial charge in [-0.2, -0.15) is 0 Å². The van der Waals surface area contributed by atoms with E-state index in [0.717, 1.165) is 23.5 Å². The molecule has 0 saturated heterocycles. The second kappa shape index (κ2) is 4.68. The first-order valence-corrected chi connectivity index (χ1v) is 6.58. The van der Waals surface area contributed by atoms with Crippen molar-refractivity contribution in [3.63, 3.8) is 0 Å². The average Bonchev–Trinajstić information content (AvgIpc) is 2.79. The topological polar surface area (TPSA) is 40.1 Å². The maximum atomic E-state index is 14.0. The maximum Gasteiger partial charge on any atom is 0.135 e. The van der Waals surface area contributed by atoms with Crippen LogP contribution in [-0.2, 0) is 0 Å². The Morgan fingerprint density at radius 3 is 2.45 bits per heavy atom. The minimum absolute atomic E-state index is 0.101. The molecule has 0 N–H and O–H groups in total. The number of fused-ring (bicyclic) bond motifs is 1. The van der Waals surface area contributed by atoms with Crippen molar-refractivity contribution in [1.29, 1.82) is 0 Å². The molecule has 1 heterocycles. The Kier molecular flexibility index (Phi) is 2.99. The molecule has 0 fully saturated rings. The van der Waals surface area contributed by atoms with Gasteiger partial charge in [0.25, 0.3) is 0 Å². The molecule has 0 unspecified atom stereocenters. The number of rotatable bonds is 2. The first-order valence-electron chi connectivity index (χ1n) is 5.76. The molecule has 2 aromatic carbocycles. The zero-order valence-electron chi connectivity index (χ0n) is 10.0. The third-order valence-corrected chi connectivity index (χ3v) is 4.07. The van der Waals surface area contributed by atoms with Gasteiger partial charge in [0.1, 0.15) is 11.6 Å². The summed E-state index contributed by atoms with van der Waals surface area (Å²) in [7, 11) is 0. The lowest BCUT2D eigenvalue weighted by Gasteiger charge is -2.06. The first-order chi connectivity index (χ1) is 9.58. The van der Waals surface area contributed by atoms with Gasteiger partial charge in [-0.15, -0.1) is 11.3 Å². The normalized spacial score (nSPS) is 10.9. The van der Waals surface area contributed by atoms with Crippen molar-refractivity contribution in [2.45, 2.75) is 0 Å². The zero-order chi connectivity index (χ0) is 14.3. The standard InChI is InChI=1S/C15H8F2O2S/c16-9-6-10(17)13-11(7-9)20-14(15(18)19)12(13)8-4-2-1-3-5-8/h1-7H,(H,18,19)/p-1. The maximum absolute atomic E-state index is 14.0. The van der Waals surface area contributed by atoms with Gasteiger partial charge in [0, 0.05) is 21.7 Å². The molecular weight excluding hydrogens is 282 g/mol. The predicted molar refractivity (Wildman–Crippen MR) is 71.5 cm³/mol. The molecule has 1 aromatic heterocycles. The summed E-state index contributed by atoms with van der Waals surface area (Å²) in [5, 5.41) is 11.4. The van der Waals surface area contributed by atoms with Crippen LogP contribution in [0.4, 0.5) is 8.78 Å². The lowest BCUT2D eigenvalue weighted by atomic mass is 10.0. The van der Waals surface area contributed by atoms with E-state index in [4.69, 9.17) is 0 Å². The van der Waals surface area contributed by atoms with E-state index in [0.29, 0.717) is 5.56 Å². The highest BCUT2D eigenvalue weighted by Crippen LogP contribution is 2.40. The van der Waals surface area contributed by atoms with Crippen LogP contribution in [0.15, 0.2) is 42.5 Å². The molecule has 2 nitrogen and oxygen atoms in total. The Morgan fingerprint density at radius 2 is 1.80 bits per heavy atom. The van der Waals surface area contributed by atoms with Crippen LogP contribution in [0.25, 0.3) is 21.2 Å². The molecule has 0 aliphatic carbocycles. The summed E-state index contributed by atoms with van der Waals surface area (Å²) in [5.74, 6) is -2.91. The number of hydrogen-bond acceptors (Lipinski definition) is 3. The van der Waals surface area contributed by atoms with E-state index in [1.807, 2.05) is 0 Å². The summed E-state index contributed by atoms with van der Waals surface area (Å²) in [5.41, 5.74) is 0.798. The number of carbonyl (C=O) groups excluding carboxylic acids is 1. The number of hydrogen-bond donors (Lipinski definition) is 0. The van der Waals surface area contributed by atoms with Crippen molar-refractivity contribution in [3.05, 3.63) is 59.0 Å². The number of thiophene rings is 1. The fraction of sp³-hybridized carbons (Fsp3) is 0. The summed E-state index contributed by atoms with van der Waals surface area (Å²) < 4.78 is 27.5. The minimum atomic E-state index is -1.40. The Balaban J connectivity index is 2.44. The summed E-state index contributed by atoms with van der Waals surface area (Å²) in [4.78, 5) is 11.1. The van der Waals surface area contributed by atoms with Crippen LogP contribution in [-0.4, -0.2) is 5.97 Å². The fourth-order valence-electron chi connectivity index (χ4n) is 2.17. The van der Waals surface area contributed by atoms with Gasteiger partial charge in [0.05, 0.1) is 10.8 Å². The van der Waals surface area contributed by atoms with Gasteiger partial charge in [-0.05, 0) is 11.6 Å². The number of halogens is 2. The van der Waals surface area contributed by atoms with Gasteiger partial charge in [-0.3, -0.25) is 0 Å². The average molecular weight is 289 g/mol. The van der Waals surface area contributed by atoms with Crippen molar-refractivity contribution in [2.24, 2.45) is 0 Å². The van der Waals surface area contributed by atoms with Crippen molar-refractivity contribution >= 4 is 27.4 Å². The Bertz CT molecular complexity index is 810. The molecule has 20 heavy (non-hydrogen) atoms. The van der Waals surface area contributed by atoms with Crippen molar-refractivity contribution < 1.29 is 18.7 Å². The number of aromatic carboxylic acids is 1. The summed E-state index contributed by atoms with van der Waals surface area (Å²) in [6, 6.07) is 10.4. The number of carboxylic acids is 1. The molecule has 100 valence electrons. The van der Waals surface area contributed by atoms with Crippen molar-refractivity contribution in [3.8, 4) is 11.1 Å². The van der Waals surface area contributed by atoms with E-state index in [1.165, 1.54) is 0 Å². The Hall–Kier alpha value is -2.27. The second-order valence-corrected chi connectivity index (χ2v) is 5.27. The molecule has 0 radical (unpaired) electrons. The van der Waals surface area contributed by atoms with Gasteiger partial charge in [-0.25, -0.2) is 8.78 Å². The van der Waals surface area contributed by atoms with Gasteiger partial charge < -0.3 is 9.90 Å². The monoisotopic (exact) mass is 289 g/mol. The molecule has 0 amide bonds. The van der Waals surface area contributed by atoms with Gasteiger partial charge in [0.15, 0.2) is 0 Å². The van der Waals surface area contributed by atoms with Crippen molar-refractivity contribution in [2.75, 3.05) is 0 Å². The molecule has 0 saturated carbocycles. The van der Waals surface area contributed by atoms with E-state index >= 15 is 0 Å². The zero-order valence-corrected chi connectivity index (χ0v) is 10.8. The highest BCUT2D eigenvalue weighted by atomic mass is 32.1. The molecule has 0 spiro atoms. The van der Waals surface area contributed by atoms with E-state index in [1.54, 1.807) is 30.3 Å². The molecule has 0 aliphatic heterocycles. The number of benzene rings is 2. The summed E-state index contributed by atoms with van der Waals surface area (Å²) in [6.07, 6.45) is 0. The second-order valence-electron chi connectivity index (χ2n) is 4.22. The molecular formula is C15H7F2O2S-. The van der Waals surface area contributed by atoms with Gasteiger partial charge in [-0.1, -0.05) is 30.3 Å². The fourth-order valence-corrected chi connectivity index (χ4v) is 3.27. The predicted octanol–water partition coefficient (Wildman–Crippen LogP) is 3.21. The van der Waals surface area contributed by atoms with Crippen LogP contribution in [0.2, 0.25) is 0 Å². The highest BCUT2D eigenvalue weighted by Gasteiger charge is 2.18. The highest BCUT2D eigenvalue weighted by molar-refractivity contribution is 7.21. The van der Waals surface area contributed by atoms with Crippen LogP contribution in [0.3, 0.4) is 0 Å². The molecule has 3 rings (SSSR count). The van der Waals surface area contributed by atoms with Gasteiger partial charge in [0.2, 0.25) is 0 Å². The quantitative estimate of drug-likeness (QED) is 0.726. The van der Waals surface area contributed by atoms with Crippen LogP contribution in [0.1, 0.15) is 9.67 Å². The number of carboxylic acid groups (broad SMARTS) is 1. The smallest absolute Gasteiger partial charge is 0.135 e. The van der Waals surface area contributed by atoms with E-state index in [9.17, 15) is 18.7 Å². The minimum Gasteiger partial charge on any atom is -0.544 e. The molecule has 5 heteroatoms. The molecule has 0 aliphatic rings. The third-order valence-electron chi connectivity index (χ3n) is 2.96. The molecule has 0 atom stereocenters. The SMILES string of the molecule is O=C([O-])c1sc2cc(F)cc(F)c2c1-c1ccccc1. The van der Waals surface area contributed by atoms with E-state index in [-0.39, 0.29) is 20.5 Å².